The van der Waals surface area contributed by atoms with Crippen LogP contribution in [0.5, 0.6) is 5.75 Å². The van der Waals surface area contributed by atoms with Gasteiger partial charge in [-0.15, -0.1) is 25.6 Å². The van der Waals surface area contributed by atoms with Gasteiger partial charge in [-0.3, -0.25) is 40.9 Å². The number of fused-ring (bicyclic) bond motifs is 1. The van der Waals surface area contributed by atoms with Gasteiger partial charge in [-0.25, -0.2) is 16.8 Å². The quantitative estimate of drug-likeness (QED) is 0.0117. The molecule has 34 nitrogen and oxygen atoms in total. The normalized spacial score (nSPS) is 14.7. The van der Waals surface area contributed by atoms with E-state index < -0.39 is 204 Å². The van der Waals surface area contributed by atoms with Gasteiger partial charge >= 0.3 is 20.8 Å². The number of aliphatic imine (C=N–C) groups is 1. The molecule has 45 heteroatoms. The van der Waals surface area contributed by atoms with Gasteiger partial charge in [-0.1, -0.05) is 11.6 Å². The third kappa shape index (κ3) is 19.0. The Kier molecular flexibility index (Phi) is 22.4. The van der Waals surface area contributed by atoms with Crippen LogP contribution >= 0.6 is 11.6 Å². The van der Waals surface area contributed by atoms with Crippen molar-refractivity contribution in [3.8, 4) is 5.75 Å². The van der Waals surface area contributed by atoms with Crippen LogP contribution in [-0.2, 0) is 90.3 Å². The Morgan fingerprint density at radius 1 is 0.667 bits per heavy atom. The van der Waals surface area contributed by atoms with Crippen molar-refractivity contribution in [3.05, 3.63) is 77.8 Å². The molecule has 0 radical (unpaired) electrons. The number of benzene rings is 5. The van der Waals surface area contributed by atoms with Gasteiger partial charge in [0, 0.05) is 11.9 Å². The third-order valence-corrected chi connectivity index (χ3v) is 17.7. The predicted octanol–water partition coefficient (Wildman–Crippen LogP) is 5.67. The summed E-state index contributed by atoms with van der Waals surface area (Å²) >= 11 is 5.99. The first-order valence-corrected chi connectivity index (χ1v) is 33.3. The van der Waals surface area contributed by atoms with Crippen molar-refractivity contribution in [3.63, 3.8) is 0 Å². The summed E-state index contributed by atoms with van der Waals surface area (Å²) in [6.07, 6.45) is 0.796. The van der Waals surface area contributed by atoms with E-state index in [1.54, 1.807) is 0 Å². The van der Waals surface area contributed by atoms with Crippen LogP contribution in [0.25, 0.3) is 10.8 Å². The van der Waals surface area contributed by atoms with E-state index in [1.165, 1.54) is 0 Å². The molecule has 5 aromatic carbocycles. The predicted molar refractivity (Wildman–Crippen MR) is 291 cm³/mol. The summed E-state index contributed by atoms with van der Waals surface area (Å²) in [5.74, 6) is -4.28. The van der Waals surface area contributed by atoms with Crippen molar-refractivity contribution in [2.45, 2.75) is 42.0 Å². The number of nitrogen functional groups attached to an aromatic ring is 1. The Balaban J connectivity index is 0.00000748. The third-order valence-electron chi connectivity index (χ3n) is 9.99. The highest BCUT2D eigenvalue weighted by Crippen LogP contribution is 2.49. The van der Waals surface area contributed by atoms with Crippen LogP contribution in [0.4, 0.5) is 54.3 Å². The van der Waals surface area contributed by atoms with E-state index in [4.69, 9.17) is 32.2 Å². The zero-order valence-electron chi connectivity index (χ0n) is 42.0. The van der Waals surface area contributed by atoms with Crippen LogP contribution < -0.4 is 16.8 Å². The maximum Gasteiger partial charge on any atom is 0.397 e. The Bertz CT molecular complexity index is 4440. The van der Waals surface area contributed by atoms with Crippen LogP contribution in [0.2, 0.25) is 0 Å². The fourth-order valence-corrected chi connectivity index (χ4v) is 12.4. The number of halogens is 3. The average molecular weight is 1360 g/mol. The van der Waals surface area contributed by atoms with Crippen molar-refractivity contribution >= 4 is 156 Å². The standard InChI is InChI=1S/C38H38ClFN10O24S8.CH3F/c1-38(42,18-23(39)37(40)43-2)44-25-16-27(29(78(58,59)60)17-26(25)47-46-24-8-5-21(15-28(24)77(55,56)57)75(52)11-9-73-81(67,68)69)48-50-35-31(80(64,65)66)14-19-13-30(79(61,62)63)34(33(41)32(19)36(35)51)49-45-20-3-6-22(7-4-20)76(53,54)12-10-74-82(70,71)72;1-2/h3-8,13-18,44,51H,9-12,41-42H2,1-2H3,(H,55,56,57)(H,58,59,60)(H,61,62,63)(H,64,65,66)(H,67,68,69)(H,70,71,72);1H3/b23-18+,43-37?,47-46?,49-45?,50-48?;. The molecular formula is C39H41ClF2N10O24S8. The molecule has 0 aliphatic rings. The molecule has 0 aliphatic heterocycles. The maximum absolute atomic E-state index is 14.4. The second-order valence-electron chi connectivity index (χ2n) is 16.1. The Labute approximate surface area is 482 Å². The van der Waals surface area contributed by atoms with E-state index >= 15 is 0 Å². The molecule has 2 atom stereocenters. The first-order chi connectivity index (χ1) is 38.4. The summed E-state index contributed by atoms with van der Waals surface area (Å²) in [6, 6.07) is 8.14. The minimum absolute atomic E-state index is 0.265. The number of nitrogens with two attached hydrogens (primary N) is 2. The zero-order valence-corrected chi connectivity index (χ0v) is 49.3. The molecule has 0 bridgehead atoms. The van der Waals surface area contributed by atoms with Gasteiger partial charge in [0.05, 0.1) is 75.1 Å². The van der Waals surface area contributed by atoms with Crippen molar-refractivity contribution in [1.82, 2.24) is 0 Å². The van der Waals surface area contributed by atoms with Gasteiger partial charge in [0.1, 0.15) is 53.7 Å². The SMILES string of the molecule is CF.CN=C(F)/C(Cl)=C\C(C)(N)Nc1cc(N=Nc2c(S(=O)(=O)O)cc3cc(S(=O)(=O)O)c(N=Nc4ccc(S(=O)(=O)CCOS(=O)(=O)O)cc4)c(N)c3c2O)c(S(=O)(=O)O)cc1N=Nc1ccc(S(=O)CCOS(=O)(=O)O)cc1S(=O)(=O)O. The lowest BCUT2D eigenvalue weighted by molar-refractivity contribution is 0.282. The minimum Gasteiger partial charge on any atom is -0.505 e. The molecule has 0 fully saturated rings. The van der Waals surface area contributed by atoms with Crippen LogP contribution in [0.15, 0.2) is 143 Å². The number of nitrogens with zero attached hydrogens (tertiary/aromatic N) is 7. The minimum atomic E-state index is -5.65. The molecule has 460 valence electrons. The number of rotatable bonds is 24. The van der Waals surface area contributed by atoms with E-state index in [0.29, 0.717) is 37.5 Å². The monoisotopic (exact) mass is 1360 g/mol. The number of hydrogen-bond acceptors (Lipinski definition) is 28. The lowest BCUT2D eigenvalue weighted by Crippen LogP contribution is -2.42. The molecule has 0 spiro atoms. The zero-order chi connectivity index (χ0) is 63.9. The van der Waals surface area contributed by atoms with Gasteiger partial charge in [0.15, 0.2) is 15.6 Å². The molecule has 0 saturated carbocycles. The van der Waals surface area contributed by atoms with E-state index in [9.17, 15) is 95.2 Å². The molecule has 2 unspecified atom stereocenters. The second kappa shape index (κ2) is 26.9. The van der Waals surface area contributed by atoms with Gasteiger partial charge < -0.3 is 21.9 Å². The van der Waals surface area contributed by atoms with Crippen molar-refractivity contribution in [1.29, 1.82) is 0 Å². The lowest BCUT2D eigenvalue weighted by Gasteiger charge is -2.25. The topological polar surface area (TPSA) is 567 Å². The highest BCUT2D eigenvalue weighted by molar-refractivity contribution is 7.91. The first kappa shape index (κ1) is 70.0. The van der Waals surface area contributed by atoms with Crippen LogP contribution in [0.1, 0.15) is 6.92 Å². The molecule has 84 heavy (non-hydrogen) atoms. The average Bonchev–Trinajstić information content (AvgIpc) is 1.26. The van der Waals surface area contributed by atoms with Crippen LogP contribution in [0, 0.1) is 0 Å². The molecule has 5 rings (SSSR count). The number of azo groups is 3. The van der Waals surface area contributed by atoms with Crippen LogP contribution in [-0.4, -0.2) is 146 Å². The smallest absolute Gasteiger partial charge is 0.397 e. The molecule has 5 aromatic rings. The number of phenolic OH excluding ortho intramolecular Hbond substituents is 1. The van der Waals surface area contributed by atoms with E-state index in [2.05, 4.69) is 49.4 Å². The van der Waals surface area contributed by atoms with E-state index in [1.807, 2.05) is 0 Å². The largest absolute Gasteiger partial charge is 0.505 e. The molecule has 0 aromatic heterocycles. The van der Waals surface area contributed by atoms with Gasteiger partial charge in [-0.2, -0.15) is 60.0 Å². The number of sulfone groups is 1. The van der Waals surface area contributed by atoms with Crippen molar-refractivity contribution in [2.24, 2.45) is 41.4 Å². The van der Waals surface area contributed by atoms with Gasteiger partial charge in [0.25, 0.3) is 40.5 Å². The molecule has 12 N–H and O–H groups in total. The number of phenols is 1. The number of anilines is 2. The number of aromatic hydroxyl groups is 1. The maximum atomic E-state index is 14.4. The molecule has 0 heterocycles. The molecule has 0 saturated heterocycles. The Hall–Kier alpha value is -6.44. The summed E-state index contributed by atoms with van der Waals surface area (Å²) < 4.78 is 274. The summed E-state index contributed by atoms with van der Waals surface area (Å²) in [5.41, 5.74) is 3.67. The Morgan fingerprint density at radius 3 is 1.68 bits per heavy atom. The van der Waals surface area contributed by atoms with Crippen LogP contribution in [0.3, 0.4) is 0 Å². The highest BCUT2D eigenvalue weighted by Gasteiger charge is 2.30. The van der Waals surface area contributed by atoms with Gasteiger partial charge in [-0.05, 0) is 85.1 Å². The number of nitrogens with one attached hydrogen (secondary N) is 1. The second-order valence-corrected chi connectivity index (χ2v) is 27.9. The van der Waals surface area contributed by atoms with E-state index in [0.717, 1.165) is 56.4 Å². The number of hydrogen-bond donors (Lipinski definition) is 10. The summed E-state index contributed by atoms with van der Waals surface area (Å²) in [5, 5.41) is 34.2. The van der Waals surface area contributed by atoms with Crippen molar-refractivity contribution < 1.29 is 113 Å². The Morgan fingerprint density at radius 2 is 1.15 bits per heavy atom. The van der Waals surface area contributed by atoms with Gasteiger partial charge in [0.2, 0.25) is 5.97 Å². The summed E-state index contributed by atoms with van der Waals surface area (Å²) in [7, 11) is -37.1. The first-order valence-electron chi connectivity index (χ1n) is 21.4. The van der Waals surface area contributed by atoms with Crippen molar-refractivity contribution in [2.75, 3.05) is 50.0 Å². The molecular weight excluding hydrogens is 1320 g/mol. The fourth-order valence-electron chi connectivity index (χ4n) is 6.55. The molecule has 0 aliphatic carbocycles. The van der Waals surface area contributed by atoms with E-state index in [-0.39, 0.29) is 10.6 Å². The number of allylic oxidation sites excluding steroid dienone is 1. The lowest BCUT2D eigenvalue weighted by atomic mass is 10.1. The highest BCUT2D eigenvalue weighted by atomic mass is 35.5. The summed E-state index contributed by atoms with van der Waals surface area (Å²) in [6.45, 7) is -0.744. The number of alkyl halides is 1. The fraction of sp³-hybridized carbons (Fsp3) is 0.205. The summed E-state index contributed by atoms with van der Waals surface area (Å²) in [4.78, 5) is -2.68. The molecule has 0 amide bonds.